The highest BCUT2D eigenvalue weighted by Gasteiger charge is 2.15. The minimum absolute atomic E-state index is 0.0606. The maximum Gasteiger partial charge on any atom is 0.315 e. The Balaban J connectivity index is 1.60. The number of nitrogens with one attached hydrogen (secondary N) is 3. The van der Waals surface area contributed by atoms with Crippen LogP contribution in [0.5, 0.6) is 5.75 Å². The third kappa shape index (κ3) is 6.94. The van der Waals surface area contributed by atoms with Gasteiger partial charge in [-0.1, -0.05) is 37.0 Å². The fourth-order valence-electron chi connectivity index (χ4n) is 3.30. The zero-order chi connectivity index (χ0) is 18.8. The van der Waals surface area contributed by atoms with Crippen molar-refractivity contribution >= 4 is 11.9 Å². The van der Waals surface area contributed by atoms with Crippen molar-refractivity contribution in [2.24, 2.45) is 0 Å². The number of carbonyl (C=O) groups excluding carboxylic acids is 2. The summed E-state index contributed by atoms with van der Waals surface area (Å²) in [5.74, 6) is 0.778. The third-order valence-electron chi connectivity index (χ3n) is 4.73. The molecule has 0 heterocycles. The van der Waals surface area contributed by atoms with Gasteiger partial charge in [-0.15, -0.1) is 0 Å². The van der Waals surface area contributed by atoms with Gasteiger partial charge in [0.05, 0.1) is 7.11 Å². The van der Waals surface area contributed by atoms with Gasteiger partial charge in [0, 0.05) is 25.6 Å². The first-order chi connectivity index (χ1) is 12.6. The molecule has 0 aliphatic heterocycles. The number of rotatable bonds is 8. The Hall–Kier alpha value is -2.24. The summed E-state index contributed by atoms with van der Waals surface area (Å²) in [4.78, 5) is 23.7. The topological polar surface area (TPSA) is 79.5 Å². The van der Waals surface area contributed by atoms with Crippen LogP contribution in [0, 0.1) is 6.92 Å². The maximum absolute atomic E-state index is 11.9. The van der Waals surface area contributed by atoms with Gasteiger partial charge >= 0.3 is 6.03 Å². The van der Waals surface area contributed by atoms with Crippen molar-refractivity contribution in [1.82, 2.24) is 16.0 Å². The van der Waals surface area contributed by atoms with Crippen molar-refractivity contribution in [2.45, 2.75) is 57.9 Å². The number of hydrogen-bond donors (Lipinski definition) is 3. The molecule has 0 bridgehead atoms. The Bertz CT molecular complexity index is 598. The summed E-state index contributed by atoms with van der Waals surface area (Å²) in [6.45, 7) is 2.93. The fraction of sp³-hybridized carbons (Fsp3) is 0.600. The summed E-state index contributed by atoms with van der Waals surface area (Å²) >= 11 is 0. The average Bonchev–Trinajstić information content (AvgIpc) is 2.63. The van der Waals surface area contributed by atoms with E-state index in [4.69, 9.17) is 4.74 Å². The van der Waals surface area contributed by atoms with Crippen LogP contribution < -0.4 is 20.7 Å². The largest absolute Gasteiger partial charge is 0.496 e. The van der Waals surface area contributed by atoms with Gasteiger partial charge in [0.15, 0.2) is 0 Å². The molecule has 6 nitrogen and oxygen atoms in total. The molecule has 1 aromatic carbocycles. The quantitative estimate of drug-likeness (QED) is 0.666. The summed E-state index contributed by atoms with van der Waals surface area (Å²) in [5, 5.41) is 8.63. The Morgan fingerprint density at radius 1 is 1.12 bits per heavy atom. The lowest BCUT2D eigenvalue weighted by Crippen LogP contribution is -2.43. The summed E-state index contributed by atoms with van der Waals surface area (Å²) in [6.07, 6.45) is 6.72. The lowest BCUT2D eigenvalue weighted by atomic mass is 9.96. The molecule has 144 valence electrons. The molecule has 0 atom stereocenters. The lowest BCUT2D eigenvalue weighted by Gasteiger charge is -2.22. The molecule has 0 aromatic heterocycles. The Labute approximate surface area is 156 Å². The minimum Gasteiger partial charge on any atom is -0.496 e. The summed E-state index contributed by atoms with van der Waals surface area (Å²) in [5.41, 5.74) is 2.25. The standard InChI is InChI=1S/C20H31N3O3/c1-15-8-9-18(26-2)16(14-15)10-12-21-19(24)11-13-22-20(25)23-17-6-4-3-5-7-17/h8-9,14,17H,3-7,10-13H2,1-2H3,(H,21,24)(H2,22,23,25). The van der Waals surface area contributed by atoms with Crippen molar-refractivity contribution in [3.8, 4) is 5.75 Å². The van der Waals surface area contributed by atoms with Crippen molar-refractivity contribution in [2.75, 3.05) is 20.2 Å². The zero-order valence-electron chi connectivity index (χ0n) is 15.9. The molecular weight excluding hydrogens is 330 g/mol. The highest BCUT2D eigenvalue weighted by molar-refractivity contribution is 5.78. The van der Waals surface area contributed by atoms with Crippen molar-refractivity contribution < 1.29 is 14.3 Å². The van der Waals surface area contributed by atoms with Crippen LogP contribution in [-0.4, -0.2) is 38.2 Å². The highest BCUT2D eigenvalue weighted by atomic mass is 16.5. The maximum atomic E-state index is 11.9. The molecule has 1 fully saturated rings. The van der Waals surface area contributed by atoms with E-state index in [1.165, 1.54) is 24.8 Å². The molecule has 3 amide bonds. The first kappa shape index (κ1) is 20.1. The van der Waals surface area contributed by atoms with Crippen molar-refractivity contribution in [3.63, 3.8) is 0 Å². The van der Waals surface area contributed by atoms with E-state index in [0.717, 1.165) is 24.2 Å². The second kappa shape index (κ2) is 10.7. The van der Waals surface area contributed by atoms with Crippen LogP contribution in [0.25, 0.3) is 0 Å². The van der Waals surface area contributed by atoms with E-state index in [9.17, 15) is 9.59 Å². The number of amides is 3. The molecule has 1 aliphatic rings. The van der Waals surface area contributed by atoms with Crippen LogP contribution in [0.3, 0.4) is 0 Å². The van der Waals surface area contributed by atoms with E-state index in [1.807, 2.05) is 19.1 Å². The van der Waals surface area contributed by atoms with Crippen LogP contribution in [0.4, 0.5) is 4.79 Å². The lowest BCUT2D eigenvalue weighted by molar-refractivity contribution is -0.120. The van der Waals surface area contributed by atoms with E-state index in [-0.39, 0.29) is 24.4 Å². The van der Waals surface area contributed by atoms with Gasteiger partial charge in [-0.25, -0.2) is 4.79 Å². The van der Waals surface area contributed by atoms with Crippen molar-refractivity contribution in [3.05, 3.63) is 29.3 Å². The SMILES string of the molecule is COc1ccc(C)cc1CCNC(=O)CCNC(=O)NC1CCCCC1. The van der Waals surface area contributed by atoms with Gasteiger partial charge in [-0.3, -0.25) is 4.79 Å². The van der Waals surface area contributed by atoms with Crippen LogP contribution in [-0.2, 0) is 11.2 Å². The molecule has 26 heavy (non-hydrogen) atoms. The summed E-state index contributed by atoms with van der Waals surface area (Å²) in [6, 6.07) is 6.13. The number of hydrogen-bond acceptors (Lipinski definition) is 3. The Morgan fingerprint density at radius 3 is 2.62 bits per heavy atom. The number of urea groups is 1. The van der Waals surface area contributed by atoms with Crippen LogP contribution in [0.2, 0.25) is 0 Å². The summed E-state index contributed by atoms with van der Waals surface area (Å²) < 4.78 is 5.34. The molecule has 0 unspecified atom stereocenters. The zero-order valence-corrected chi connectivity index (χ0v) is 15.9. The van der Waals surface area contributed by atoms with Crippen molar-refractivity contribution in [1.29, 1.82) is 0 Å². The minimum atomic E-state index is -0.172. The number of carbonyl (C=O) groups is 2. The van der Waals surface area contributed by atoms with E-state index >= 15 is 0 Å². The first-order valence-electron chi connectivity index (χ1n) is 9.53. The molecule has 1 aromatic rings. The van der Waals surface area contributed by atoms with E-state index < -0.39 is 0 Å². The second-order valence-corrected chi connectivity index (χ2v) is 6.90. The fourth-order valence-corrected chi connectivity index (χ4v) is 3.30. The smallest absolute Gasteiger partial charge is 0.315 e. The number of ether oxygens (including phenoxy) is 1. The number of benzene rings is 1. The second-order valence-electron chi connectivity index (χ2n) is 6.90. The molecule has 1 saturated carbocycles. The molecule has 3 N–H and O–H groups in total. The van der Waals surface area contributed by atoms with Gasteiger partial charge in [0.2, 0.25) is 5.91 Å². The first-order valence-corrected chi connectivity index (χ1v) is 9.53. The normalized spacial score (nSPS) is 14.5. The molecule has 0 radical (unpaired) electrons. The molecular formula is C20H31N3O3. The van der Waals surface area contributed by atoms with Gasteiger partial charge < -0.3 is 20.7 Å². The van der Waals surface area contributed by atoms with Crippen LogP contribution >= 0.6 is 0 Å². The van der Waals surface area contributed by atoms with E-state index in [0.29, 0.717) is 19.5 Å². The van der Waals surface area contributed by atoms with E-state index in [1.54, 1.807) is 7.11 Å². The molecule has 6 heteroatoms. The average molecular weight is 361 g/mol. The molecule has 1 aliphatic carbocycles. The Morgan fingerprint density at radius 2 is 1.88 bits per heavy atom. The summed E-state index contributed by atoms with van der Waals surface area (Å²) in [7, 11) is 1.65. The Kier molecular flexibility index (Phi) is 8.25. The highest BCUT2D eigenvalue weighted by Crippen LogP contribution is 2.19. The van der Waals surface area contributed by atoms with Gasteiger partial charge in [-0.05, 0) is 37.8 Å². The van der Waals surface area contributed by atoms with Crippen LogP contribution in [0.1, 0.15) is 49.7 Å². The third-order valence-corrected chi connectivity index (χ3v) is 4.73. The van der Waals surface area contributed by atoms with Crippen LogP contribution in [0.15, 0.2) is 18.2 Å². The molecule has 2 rings (SSSR count). The molecule has 0 spiro atoms. The van der Waals surface area contributed by atoms with Gasteiger partial charge in [0.25, 0.3) is 0 Å². The van der Waals surface area contributed by atoms with Gasteiger partial charge in [0.1, 0.15) is 5.75 Å². The molecule has 0 saturated heterocycles. The number of methoxy groups -OCH3 is 1. The predicted molar refractivity (Wildman–Crippen MR) is 102 cm³/mol. The number of aryl methyl sites for hydroxylation is 1. The monoisotopic (exact) mass is 361 g/mol. The van der Waals surface area contributed by atoms with E-state index in [2.05, 4.69) is 22.0 Å². The van der Waals surface area contributed by atoms with Gasteiger partial charge in [-0.2, -0.15) is 0 Å². The predicted octanol–water partition coefficient (Wildman–Crippen LogP) is 2.68.